The second kappa shape index (κ2) is 11.5. The average molecular weight is 589 g/mol. The van der Waals surface area contributed by atoms with Crippen LogP contribution in [0.25, 0.3) is 22.3 Å². The quantitative estimate of drug-likeness (QED) is 0.210. The molecule has 0 bridgehead atoms. The van der Waals surface area contributed by atoms with Crippen LogP contribution in [0.4, 0.5) is 0 Å². The van der Waals surface area contributed by atoms with Crippen LogP contribution in [0, 0.1) is 19.3 Å². The lowest BCUT2D eigenvalue weighted by molar-refractivity contribution is -0.0690. The molecule has 0 N–H and O–H groups in total. The molecule has 0 aromatic heterocycles. The SMILES string of the molecule is Cc1c(CP2(=O)OCC3(CO2)COP(=O)(Cc2cccc(-c4ccccc4)c2C)OC3)cccc1-c1ccccc1. The van der Waals surface area contributed by atoms with Gasteiger partial charge in [-0.2, -0.15) is 0 Å². The van der Waals surface area contributed by atoms with Crippen molar-refractivity contribution in [3.8, 4) is 22.3 Å². The number of hydrogen-bond acceptors (Lipinski definition) is 6. The van der Waals surface area contributed by atoms with Gasteiger partial charge in [0.05, 0.1) is 44.2 Å². The number of benzene rings is 4. The Morgan fingerprint density at radius 2 is 0.902 bits per heavy atom. The van der Waals surface area contributed by atoms with Crippen molar-refractivity contribution in [2.75, 3.05) is 26.4 Å². The molecule has 0 radical (unpaired) electrons. The fourth-order valence-electron chi connectivity index (χ4n) is 5.44. The third-order valence-electron chi connectivity index (χ3n) is 8.06. The highest BCUT2D eigenvalue weighted by Gasteiger charge is 2.48. The van der Waals surface area contributed by atoms with Crippen molar-refractivity contribution in [3.63, 3.8) is 0 Å². The van der Waals surface area contributed by atoms with Crippen molar-refractivity contribution in [2.24, 2.45) is 5.41 Å². The lowest BCUT2D eigenvalue weighted by Gasteiger charge is -2.43. The summed E-state index contributed by atoms with van der Waals surface area (Å²) in [5.74, 6) is 0. The summed E-state index contributed by atoms with van der Waals surface area (Å²) in [5, 5.41) is 0. The molecule has 2 saturated heterocycles. The van der Waals surface area contributed by atoms with Gasteiger partial charge in [0, 0.05) is 0 Å². The zero-order valence-electron chi connectivity index (χ0n) is 23.3. The lowest BCUT2D eigenvalue weighted by Crippen LogP contribution is -2.45. The molecular weight excluding hydrogens is 554 g/mol. The Kier molecular flexibility index (Phi) is 7.91. The first-order chi connectivity index (χ1) is 19.8. The van der Waals surface area contributed by atoms with Gasteiger partial charge in [0.25, 0.3) is 0 Å². The molecule has 8 heteroatoms. The predicted octanol–water partition coefficient (Wildman–Crippen LogP) is 8.80. The summed E-state index contributed by atoms with van der Waals surface area (Å²) in [4.78, 5) is 0. The van der Waals surface area contributed by atoms with Gasteiger partial charge in [-0.05, 0) is 58.4 Å². The normalized spacial score (nSPS) is 26.2. The van der Waals surface area contributed by atoms with Crippen LogP contribution < -0.4 is 0 Å². The maximum absolute atomic E-state index is 13.6. The first-order valence-electron chi connectivity index (χ1n) is 13.8. The van der Waals surface area contributed by atoms with E-state index in [1.165, 1.54) is 0 Å². The highest BCUT2D eigenvalue weighted by atomic mass is 31.2. The summed E-state index contributed by atoms with van der Waals surface area (Å²) >= 11 is 0. The summed E-state index contributed by atoms with van der Waals surface area (Å²) in [5.41, 5.74) is 7.73. The molecular formula is C33H34O6P2. The Bertz CT molecular complexity index is 1490. The molecule has 6 nitrogen and oxygen atoms in total. The van der Waals surface area contributed by atoms with Crippen LogP contribution in [0.1, 0.15) is 22.3 Å². The van der Waals surface area contributed by atoms with Crippen molar-refractivity contribution in [3.05, 3.63) is 119 Å². The molecule has 0 unspecified atom stereocenters. The summed E-state index contributed by atoms with van der Waals surface area (Å²) in [6, 6.07) is 32.3. The standard InChI is InChI=1S/C33H34O6P2/c1-25-29(15-9-17-31(25)27-11-5-3-6-12-27)19-40(34)36-21-33(22-37-40)23-38-41(35,39-24-33)20-30-16-10-18-32(26(30)2)28-13-7-4-8-14-28/h3-18H,19-24H2,1-2H3. The van der Waals surface area contributed by atoms with Crippen molar-refractivity contribution in [1.29, 1.82) is 0 Å². The number of hydrogen-bond donors (Lipinski definition) is 0. The Labute approximate surface area is 241 Å². The van der Waals surface area contributed by atoms with E-state index in [1.807, 2.05) is 74.5 Å². The molecule has 2 aliphatic rings. The maximum atomic E-state index is 13.6. The predicted molar refractivity (Wildman–Crippen MR) is 162 cm³/mol. The van der Waals surface area contributed by atoms with Crippen molar-refractivity contribution < 1.29 is 27.2 Å². The summed E-state index contributed by atoms with van der Waals surface area (Å²) < 4.78 is 50.9. The zero-order valence-corrected chi connectivity index (χ0v) is 25.1. The lowest BCUT2D eigenvalue weighted by atomic mass is 9.93. The molecule has 4 aromatic carbocycles. The van der Waals surface area contributed by atoms with Crippen LogP contribution in [0.5, 0.6) is 0 Å². The second-order valence-corrected chi connectivity index (χ2v) is 15.2. The highest BCUT2D eigenvalue weighted by Crippen LogP contribution is 2.61. The van der Waals surface area contributed by atoms with Gasteiger partial charge in [-0.15, -0.1) is 0 Å². The smallest absolute Gasteiger partial charge is 0.307 e. The maximum Gasteiger partial charge on any atom is 0.335 e. The van der Waals surface area contributed by atoms with Gasteiger partial charge >= 0.3 is 15.2 Å². The van der Waals surface area contributed by atoms with Crippen LogP contribution in [-0.2, 0) is 39.5 Å². The first kappa shape index (κ1) is 28.3. The molecule has 41 heavy (non-hydrogen) atoms. The molecule has 0 aliphatic carbocycles. The van der Waals surface area contributed by atoms with E-state index in [2.05, 4.69) is 36.4 Å². The minimum Gasteiger partial charge on any atom is -0.307 e. The first-order valence-corrected chi connectivity index (χ1v) is 17.3. The van der Waals surface area contributed by atoms with Crippen molar-refractivity contribution >= 4 is 15.2 Å². The van der Waals surface area contributed by atoms with E-state index in [1.54, 1.807) is 0 Å². The van der Waals surface area contributed by atoms with E-state index in [9.17, 15) is 9.13 Å². The molecule has 2 fully saturated rings. The van der Waals surface area contributed by atoms with Gasteiger partial charge in [0.1, 0.15) is 0 Å². The molecule has 0 saturated carbocycles. The molecule has 4 aromatic rings. The van der Waals surface area contributed by atoms with Gasteiger partial charge in [0.2, 0.25) is 0 Å². The van der Waals surface area contributed by atoms with E-state index in [0.29, 0.717) is 0 Å². The minimum atomic E-state index is -3.37. The zero-order chi connectivity index (χ0) is 28.5. The molecule has 212 valence electrons. The molecule has 2 aliphatic heterocycles. The van der Waals surface area contributed by atoms with Crippen LogP contribution in [0.15, 0.2) is 97.1 Å². The molecule has 6 rings (SSSR count). The van der Waals surface area contributed by atoms with E-state index >= 15 is 0 Å². The van der Waals surface area contributed by atoms with Crippen LogP contribution in [0.2, 0.25) is 0 Å². The minimum absolute atomic E-state index is 0.157. The van der Waals surface area contributed by atoms with Crippen molar-refractivity contribution in [1.82, 2.24) is 0 Å². The molecule has 2 heterocycles. The Morgan fingerprint density at radius 1 is 0.537 bits per heavy atom. The fourth-order valence-corrected chi connectivity index (χ4v) is 9.35. The molecule has 0 amide bonds. The Hall–Kier alpha value is -2.82. The summed E-state index contributed by atoms with van der Waals surface area (Å²) in [6.07, 6.45) is 0.375. The molecule has 0 atom stereocenters. The van der Waals surface area contributed by atoms with E-state index < -0.39 is 20.6 Å². The fraction of sp³-hybridized carbons (Fsp3) is 0.273. The van der Waals surface area contributed by atoms with Gasteiger partial charge in [0.15, 0.2) is 0 Å². The largest absolute Gasteiger partial charge is 0.335 e. The summed E-state index contributed by atoms with van der Waals surface area (Å²) in [6.45, 7) is 4.70. The third-order valence-corrected chi connectivity index (χ3v) is 11.6. The van der Waals surface area contributed by atoms with Crippen LogP contribution in [0.3, 0.4) is 0 Å². The van der Waals surface area contributed by atoms with E-state index in [4.69, 9.17) is 18.1 Å². The van der Waals surface area contributed by atoms with Gasteiger partial charge in [-0.25, -0.2) is 0 Å². The average Bonchev–Trinajstić information content (AvgIpc) is 3.00. The van der Waals surface area contributed by atoms with Crippen LogP contribution >= 0.6 is 15.2 Å². The topological polar surface area (TPSA) is 71.1 Å². The monoisotopic (exact) mass is 588 g/mol. The van der Waals surface area contributed by atoms with Crippen LogP contribution in [-0.4, -0.2) is 26.4 Å². The van der Waals surface area contributed by atoms with Crippen molar-refractivity contribution in [2.45, 2.75) is 26.2 Å². The van der Waals surface area contributed by atoms with Gasteiger partial charge in [-0.1, -0.05) is 97.1 Å². The third kappa shape index (κ3) is 6.05. The highest BCUT2D eigenvalue weighted by molar-refractivity contribution is 7.53. The second-order valence-electron chi connectivity index (χ2n) is 11.0. The van der Waals surface area contributed by atoms with E-state index in [-0.39, 0.29) is 38.8 Å². The van der Waals surface area contributed by atoms with Gasteiger partial charge in [-0.3, -0.25) is 9.13 Å². The van der Waals surface area contributed by atoms with Gasteiger partial charge < -0.3 is 18.1 Å². The summed E-state index contributed by atoms with van der Waals surface area (Å²) in [7, 11) is -6.75. The molecule has 1 spiro atoms. The van der Waals surface area contributed by atoms with E-state index in [0.717, 1.165) is 44.5 Å². The number of rotatable bonds is 6. The Balaban J connectivity index is 1.10. The Morgan fingerprint density at radius 3 is 1.27 bits per heavy atom.